The van der Waals surface area contributed by atoms with E-state index in [-0.39, 0.29) is 125 Å². The fourth-order valence-electron chi connectivity index (χ4n) is 17.8. The summed E-state index contributed by atoms with van der Waals surface area (Å²) in [4.78, 5) is 89.3. The van der Waals surface area contributed by atoms with Crippen molar-refractivity contribution in [1.82, 2.24) is 29.8 Å². The average Bonchev–Trinajstić information content (AvgIpc) is 1.61. The molecule has 6 aliphatic heterocycles. The first-order chi connectivity index (χ1) is 49.6. The van der Waals surface area contributed by atoms with Crippen LogP contribution in [0.25, 0.3) is 0 Å². The van der Waals surface area contributed by atoms with Gasteiger partial charge in [-0.3, -0.25) is 28.8 Å². The van der Waals surface area contributed by atoms with Crippen molar-refractivity contribution in [1.29, 1.82) is 0 Å². The number of fused-ring (bicyclic) bond motifs is 6. The Morgan fingerprint density at radius 2 is 0.740 bits per heavy atom. The maximum atomic E-state index is 14.2. The van der Waals surface area contributed by atoms with E-state index in [2.05, 4.69) is 5.32 Å². The largest absolute Gasteiger partial charge is 0.383 e. The minimum Gasteiger partial charge on any atom is -0.383 e. The summed E-state index contributed by atoms with van der Waals surface area (Å²) < 4.78 is 128. The van der Waals surface area contributed by atoms with E-state index in [0.29, 0.717) is 121 Å². The Labute approximate surface area is 600 Å². The predicted octanol–water partition coefficient (Wildman–Crippen LogP) is 10.7. The van der Waals surface area contributed by atoms with Gasteiger partial charge in [-0.15, -0.1) is 0 Å². The number of nitrogens with zero attached hydrogens (tertiary/aromatic N) is 5. The van der Waals surface area contributed by atoms with Gasteiger partial charge in [0, 0.05) is 113 Å². The van der Waals surface area contributed by atoms with Crippen LogP contribution in [0.3, 0.4) is 0 Å². The van der Waals surface area contributed by atoms with E-state index < -0.39 is 86.7 Å². The topological polar surface area (TPSA) is 218 Å². The molecule has 9 fully saturated rings. The SMILES string of the molecule is CN(Cc1ccccc1)C(=O)C1(C(=O)N2[C@@H]3CC[C@H]2CC([C@H](N)Cc2cc(F)c(F)cc2F)C3)CC1.COCCN(C)C(=O)C1(C(=O)N2[C@@H]3CC[C@H]2CC([C@H](N)Cc2cc(F)c(F)cc2F)C3)CC1.N[C@H](Cc1cc(F)c(F)cc1F)C1C[C@H]2CC[C@@H](C1)N2C(=O)C1(C(=O)NCc2ccccc2)CC1. The third-order valence-corrected chi connectivity index (χ3v) is 24.1. The van der Waals surface area contributed by atoms with Crippen LogP contribution in [-0.4, -0.2) is 149 Å². The Morgan fingerprint density at radius 3 is 1.06 bits per heavy atom. The van der Waals surface area contributed by atoms with Crippen molar-refractivity contribution in [3.05, 3.63) is 177 Å². The number of hydrogen-bond acceptors (Lipinski definition) is 10. The second kappa shape index (κ2) is 31.3. The number of likely N-dealkylation sites (N-methyl/N-ethyl adjacent to an activating group) is 1. The fraction of sp³-hybridized carbons (Fsp3) is 0.544. The number of piperidine rings is 3. The van der Waals surface area contributed by atoms with Gasteiger partial charge in [-0.05, 0) is 199 Å². The number of hydrogen-bond donors (Lipinski definition) is 4. The highest BCUT2D eigenvalue weighted by Crippen LogP contribution is 2.55. The maximum Gasteiger partial charge on any atom is 0.238 e. The number of benzene rings is 5. The first-order valence-electron chi connectivity index (χ1n) is 36.7. The van der Waals surface area contributed by atoms with E-state index in [4.69, 9.17) is 21.9 Å². The van der Waals surface area contributed by atoms with Gasteiger partial charge in [0.1, 0.15) is 33.7 Å². The Kier molecular flexibility index (Phi) is 22.8. The molecule has 0 radical (unpaired) electrons. The number of methoxy groups -OCH3 is 1. The lowest BCUT2D eigenvalue weighted by Crippen LogP contribution is -2.55. The van der Waals surface area contributed by atoms with Crippen LogP contribution in [0.15, 0.2) is 97.1 Å². The third kappa shape index (κ3) is 15.8. The van der Waals surface area contributed by atoms with E-state index in [9.17, 15) is 68.3 Å². The molecule has 5 aromatic rings. The first-order valence-corrected chi connectivity index (χ1v) is 36.7. The second-order valence-corrected chi connectivity index (χ2v) is 30.9. The molecule has 3 aliphatic carbocycles. The molecular weight excluding hydrogens is 1360 g/mol. The van der Waals surface area contributed by atoms with Gasteiger partial charge in [-0.1, -0.05) is 60.7 Å². The molecule has 6 saturated heterocycles. The Bertz CT molecular complexity index is 3960. The van der Waals surface area contributed by atoms with Crippen LogP contribution in [0, 0.1) is 86.4 Å². The van der Waals surface area contributed by atoms with E-state index in [1.807, 2.05) is 75.4 Å². The highest BCUT2D eigenvalue weighted by molar-refractivity contribution is 6.09. The summed E-state index contributed by atoms with van der Waals surface area (Å²) in [5.74, 6) is -9.92. The van der Waals surface area contributed by atoms with E-state index in [0.717, 1.165) is 67.9 Å². The molecule has 0 spiro atoms. The van der Waals surface area contributed by atoms with Crippen molar-refractivity contribution in [2.75, 3.05) is 34.4 Å². The predicted molar refractivity (Wildman–Crippen MR) is 369 cm³/mol. The van der Waals surface area contributed by atoms with Gasteiger partial charge < -0.3 is 51.8 Å². The molecule has 0 aromatic heterocycles. The van der Waals surface area contributed by atoms with Crippen molar-refractivity contribution in [2.24, 2.45) is 51.2 Å². The summed E-state index contributed by atoms with van der Waals surface area (Å²) in [6.07, 6.45) is 12.8. The molecule has 7 N–H and O–H groups in total. The number of amides is 6. The van der Waals surface area contributed by atoms with Crippen LogP contribution in [-0.2, 0) is 65.9 Å². The number of nitrogens with one attached hydrogen (secondary N) is 1. The first kappa shape index (κ1) is 75.8. The van der Waals surface area contributed by atoms with Crippen LogP contribution in [0.1, 0.15) is 143 Å². The molecule has 3 saturated carbocycles. The number of halogens is 9. The molecular formula is C79H94F9N9O7. The smallest absolute Gasteiger partial charge is 0.238 e. The summed E-state index contributed by atoms with van der Waals surface area (Å²) in [6.45, 7) is 1.70. The zero-order chi connectivity index (χ0) is 74.3. The number of carbonyl (C=O) groups is 6. The maximum absolute atomic E-state index is 14.2. The Morgan fingerprint density at radius 1 is 0.442 bits per heavy atom. The van der Waals surface area contributed by atoms with Crippen LogP contribution >= 0.6 is 0 Å². The summed E-state index contributed by atoms with van der Waals surface area (Å²) in [7, 11) is 5.02. The number of carbonyl (C=O) groups excluding carboxylic acids is 6. The van der Waals surface area contributed by atoms with Gasteiger partial charge in [-0.2, -0.15) is 0 Å². The molecule has 6 bridgehead atoms. The van der Waals surface area contributed by atoms with Crippen molar-refractivity contribution in [3.8, 4) is 0 Å². The van der Waals surface area contributed by atoms with E-state index >= 15 is 0 Å². The fourth-order valence-corrected chi connectivity index (χ4v) is 17.8. The van der Waals surface area contributed by atoms with Crippen LogP contribution in [0.4, 0.5) is 39.5 Å². The minimum atomic E-state index is -1.22. The van der Waals surface area contributed by atoms with Crippen molar-refractivity contribution >= 4 is 35.4 Å². The quantitative estimate of drug-likeness (QED) is 0.0292. The highest BCUT2D eigenvalue weighted by atomic mass is 19.2. The normalized spacial score (nSPS) is 25.5. The standard InChI is InChI=1S/C28H32F3N3O2.C27H30F3N3O2.C24H32F3N3O3/c1-33(16-17-5-3-2-4-6-17)26(35)28(9-10-28)27(36)34-20-7-8-21(34)12-19(11-20)25(32)14-18-13-23(30)24(31)15-22(18)29;28-21-14-23(30)22(29)12-17(21)13-24(31)18-10-19-6-7-20(11-18)33(19)26(35)27(8-9-27)25(34)32-15-16-4-2-1-3-5-16;1-29(7-8-33-2)22(31)24(5-6-24)23(32)30-16-3-4-17(30)10-15(9-16)21(28)12-14-11-19(26)20(27)13-18(14)25/h2-6,13,15,19-21,25H,7-12,14,16,32H2,1H3;1-5,12,14,18-20,24H,6-11,13,15,31H2,(H,32,34);11,13,15-17,21H,3-10,12,28H2,1-2H3/t19?,20-,21+,25-;18?,19-,20+,24-;15?,16-,17+,21-/m111/s1. The Hall–Kier alpha value is -7.87. The third-order valence-electron chi connectivity index (χ3n) is 24.1. The van der Waals surface area contributed by atoms with E-state index in [1.54, 1.807) is 31.0 Å². The molecule has 6 amide bonds. The summed E-state index contributed by atoms with van der Waals surface area (Å²) in [5.41, 5.74) is 18.5. The van der Waals surface area contributed by atoms with Gasteiger partial charge >= 0.3 is 0 Å². The summed E-state index contributed by atoms with van der Waals surface area (Å²) in [6, 6.07) is 22.3. The molecule has 25 heteroatoms. The van der Waals surface area contributed by atoms with Crippen LogP contribution < -0.4 is 22.5 Å². The molecule has 9 aliphatic rings. The second-order valence-electron chi connectivity index (χ2n) is 30.9. The number of nitrogens with two attached hydrogens (primary N) is 3. The monoisotopic (exact) mass is 1450 g/mol. The lowest BCUT2D eigenvalue weighted by molar-refractivity contribution is -0.154. The van der Waals surface area contributed by atoms with Crippen molar-refractivity contribution in [2.45, 2.75) is 202 Å². The van der Waals surface area contributed by atoms with Crippen molar-refractivity contribution < 1.29 is 73.0 Å². The number of ether oxygens (including phenoxy) is 1. The molecule has 3 unspecified atom stereocenters. The van der Waals surface area contributed by atoms with E-state index in [1.165, 1.54) is 0 Å². The highest BCUT2D eigenvalue weighted by Gasteiger charge is 2.64. The van der Waals surface area contributed by atoms with Crippen LogP contribution in [0.5, 0.6) is 0 Å². The number of rotatable bonds is 22. The molecule has 6 heterocycles. The van der Waals surface area contributed by atoms with Crippen molar-refractivity contribution in [3.63, 3.8) is 0 Å². The lowest BCUT2D eigenvalue weighted by atomic mass is 9.82. The van der Waals surface area contributed by atoms with Gasteiger partial charge in [0.15, 0.2) is 34.9 Å². The molecule has 14 rings (SSSR count). The molecule has 5 aromatic carbocycles. The van der Waals surface area contributed by atoms with Crippen LogP contribution in [0.2, 0.25) is 0 Å². The van der Waals surface area contributed by atoms with Gasteiger partial charge in [0.05, 0.1) is 6.61 Å². The zero-order valence-corrected chi connectivity index (χ0v) is 59.1. The van der Waals surface area contributed by atoms with Gasteiger partial charge in [0.25, 0.3) is 0 Å². The van der Waals surface area contributed by atoms with Gasteiger partial charge in [0.2, 0.25) is 35.4 Å². The zero-order valence-electron chi connectivity index (χ0n) is 59.1. The minimum absolute atomic E-state index is 0.00310. The molecule has 104 heavy (non-hydrogen) atoms. The average molecular weight is 1450 g/mol. The molecule has 560 valence electrons. The summed E-state index contributed by atoms with van der Waals surface area (Å²) in [5, 5.41) is 2.94. The van der Waals surface area contributed by atoms with Gasteiger partial charge in [-0.25, -0.2) is 39.5 Å². The molecule has 12 atom stereocenters. The summed E-state index contributed by atoms with van der Waals surface area (Å²) >= 11 is 0. The Balaban J connectivity index is 0.000000147. The molecule has 16 nitrogen and oxygen atoms in total. The lowest BCUT2D eigenvalue weighted by Gasteiger charge is -2.42.